The zero-order valence-electron chi connectivity index (χ0n) is 17.3. The third-order valence-corrected chi connectivity index (χ3v) is 7.15. The number of sulfonamides is 1. The first-order chi connectivity index (χ1) is 15.4. The van der Waals surface area contributed by atoms with E-state index in [1.54, 1.807) is 42.1 Å². The van der Waals surface area contributed by atoms with E-state index >= 15 is 0 Å². The molecule has 4 aromatic rings. The van der Waals surface area contributed by atoms with Crippen molar-refractivity contribution >= 4 is 61.2 Å². The maximum atomic E-state index is 12.9. The molecule has 9 heteroatoms. The summed E-state index contributed by atoms with van der Waals surface area (Å²) in [7, 11) is -2.35. The molecule has 2 N–H and O–H groups in total. The number of benzene rings is 3. The Bertz CT molecular complexity index is 1400. The number of methoxy groups -OCH3 is 1. The van der Waals surface area contributed by atoms with Crippen LogP contribution < -0.4 is 9.46 Å². The van der Waals surface area contributed by atoms with E-state index in [2.05, 4.69) is 14.7 Å². The average molecular weight is 486 g/mol. The smallest absolute Gasteiger partial charge is 0.262 e. The van der Waals surface area contributed by atoms with Gasteiger partial charge in [0.25, 0.3) is 10.0 Å². The molecule has 3 aromatic carbocycles. The van der Waals surface area contributed by atoms with Gasteiger partial charge in [0.15, 0.2) is 0 Å². The first kappa shape index (κ1) is 22.3. The van der Waals surface area contributed by atoms with Crippen molar-refractivity contribution in [1.29, 1.82) is 0 Å². The number of halogens is 1. The van der Waals surface area contributed by atoms with Crippen molar-refractivity contribution < 1.29 is 13.2 Å². The van der Waals surface area contributed by atoms with Gasteiger partial charge in [-0.25, -0.2) is 13.4 Å². The Morgan fingerprint density at radius 1 is 1.12 bits per heavy atom. The number of imidazole rings is 1. The number of para-hydroxylation sites is 2. The lowest BCUT2D eigenvalue weighted by atomic mass is 10.2. The normalized spacial score (nSPS) is 12.2. The molecule has 4 rings (SSSR count). The highest BCUT2D eigenvalue weighted by Crippen LogP contribution is 2.28. The molecule has 1 heterocycles. The van der Waals surface area contributed by atoms with Crippen LogP contribution in [0.25, 0.3) is 22.1 Å². The number of anilines is 1. The summed E-state index contributed by atoms with van der Waals surface area (Å²) in [5.74, 6) is 0.895. The fourth-order valence-electron chi connectivity index (χ4n) is 3.12. The lowest BCUT2D eigenvalue weighted by Crippen LogP contribution is -2.13. The molecule has 32 heavy (non-hydrogen) atoms. The quantitative estimate of drug-likeness (QED) is 0.322. The fourth-order valence-corrected chi connectivity index (χ4v) is 4.84. The summed E-state index contributed by atoms with van der Waals surface area (Å²) in [5.41, 5.74) is 2.48. The second kappa shape index (κ2) is 9.28. The van der Waals surface area contributed by atoms with Crippen LogP contribution in [0, 0.1) is 0 Å². The molecule has 0 amide bonds. The van der Waals surface area contributed by atoms with Gasteiger partial charge in [0.1, 0.15) is 11.6 Å². The molecule has 0 saturated carbocycles. The Morgan fingerprint density at radius 2 is 1.88 bits per heavy atom. The van der Waals surface area contributed by atoms with Gasteiger partial charge in [0.05, 0.1) is 33.8 Å². The number of ether oxygens (including phenoxy) is 1. The van der Waals surface area contributed by atoms with E-state index in [0.29, 0.717) is 33.3 Å². The SMILES string of the molecule is COc1ccccc1NS(=O)(=O)c1ccc2nc(/C(Cl)=C/c3ccc(SC)cc3)[nH]c2c1. The van der Waals surface area contributed by atoms with Gasteiger partial charge in [-0.15, -0.1) is 11.8 Å². The van der Waals surface area contributed by atoms with E-state index in [4.69, 9.17) is 16.3 Å². The summed E-state index contributed by atoms with van der Waals surface area (Å²) >= 11 is 8.14. The van der Waals surface area contributed by atoms with Gasteiger partial charge in [-0.05, 0) is 60.4 Å². The number of aromatic nitrogens is 2. The minimum Gasteiger partial charge on any atom is -0.495 e. The van der Waals surface area contributed by atoms with Gasteiger partial charge in [0.2, 0.25) is 0 Å². The van der Waals surface area contributed by atoms with Crippen LogP contribution in [0.5, 0.6) is 5.75 Å². The monoisotopic (exact) mass is 485 g/mol. The summed E-state index contributed by atoms with van der Waals surface area (Å²) in [6.45, 7) is 0. The van der Waals surface area contributed by atoms with E-state index in [0.717, 1.165) is 10.5 Å². The molecule has 6 nitrogen and oxygen atoms in total. The van der Waals surface area contributed by atoms with Crippen molar-refractivity contribution in [2.75, 3.05) is 18.1 Å². The summed E-state index contributed by atoms with van der Waals surface area (Å²) in [6, 6.07) is 19.5. The molecule has 1 aromatic heterocycles. The predicted molar refractivity (Wildman–Crippen MR) is 132 cm³/mol. The summed E-state index contributed by atoms with van der Waals surface area (Å²) in [6.07, 6.45) is 3.83. The number of rotatable bonds is 7. The highest BCUT2D eigenvalue weighted by molar-refractivity contribution is 7.98. The van der Waals surface area contributed by atoms with Gasteiger partial charge in [0, 0.05) is 4.90 Å². The van der Waals surface area contributed by atoms with Crippen LogP contribution in [0.1, 0.15) is 11.4 Å². The Morgan fingerprint density at radius 3 is 2.59 bits per heavy atom. The van der Waals surface area contributed by atoms with Crippen LogP contribution in [0.15, 0.2) is 76.5 Å². The molecule has 0 aliphatic carbocycles. The molecule has 0 saturated heterocycles. The van der Waals surface area contributed by atoms with E-state index in [1.807, 2.05) is 36.6 Å². The third-order valence-electron chi connectivity index (χ3n) is 4.75. The van der Waals surface area contributed by atoms with Crippen molar-refractivity contribution in [1.82, 2.24) is 9.97 Å². The van der Waals surface area contributed by atoms with Gasteiger partial charge >= 0.3 is 0 Å². The number of hydrogen-bond donors (Lipinski definition) is 2. The van der Waals surface area contributed by atoms with Crippen LogP contribution in [0.3, 0.4) is 0 Å². The minimum atomic E-state index is -3.83. The number of nitrogens with zero attached hydrogens (tertiary/aromatic N) is 1. The average Bonchev–Trinajstić information content (AvgIpc) is 3.23. The first-order valence-corrected chi connectivity index (χ1v) is 12.7. The van der Waals surface area contributed by atoms with Crippen molar-refractivity contribution in [3.63, 3.8) is 0 Å². The molecule has 0 bridgehead atoms. The zero-order chi connectivity index (χ0) is 22.7. The van der Waals surface area contributed by atoms with E-state index < -0.39 is 10.0 Å². The van der Waals surface area contributed by atoms with E-state index in [-0.39, 0.29) is 4.90 Å². The molecule has 0 aliphatic heterocycles. The number of aromatic amines is 1. The zero-order valence-corrected chi connectivity index (χ0v) is 19.7. The highest BCUT2D eigenvalue weighted by atomic mass is 35.5. The molecule has 0 spiro atoms. The Hall–Kier alpha value is -2.94. The van der Waals surface area contributed by atoms with Crippen molar-refractivity contribution in [3.05, 3.63) is 78.1 Å². The lowest BCUT2D eigenvalue weighted by molar-refractivity contribution is 0.417. The maximum absolute atomic E-state index is 12.9. The molecule has 0 aliphatic rings. The molecule has 0 unspecified atom stereocenters. The summed E-state index contributed by atoms with van der Waals surface area (Å²) in [5, 5.41) is 0.426. The third kappa shape index (κ3) is 4.77. The van der Waals surface area contributed by atoms with Crippen molar-refractivity contribution in [2.45, 2.75) is 9.79 Å². The molecule has 0 atom stereocenters. The maximum Gasteiger partial charge on any atom is 0.262 e. The summed E-state index contributed by atoms with van der Waals surface area (Å²) < 4.78 is 33.6. The Labute approximate surface area is 195 Å². The minimum absolute atomic E-state index is 0.0962. The second-order valence-corrected chi connectivity index (χ2v) is 9.80. The molecular formula is C23H20ClN3O3S2. The summed E-state index contributed by atoms with van der Waals surface area (Å²) in [4.78, 5) is 8.85. The first-order valence-electron chi connectivity index (χ1n) is 9.57. The number of fused-ring (bicyclic) bond motifs is 1. The van der Waals surface area contributed by atoms with E-state index in [1.165, 1.54) is 19.2 Å². The van der Waals surface area contributed by atoms with Gasteiger partial charge in [-0.2, -0.15) is 0 Å². The van der Waals surface area contributed by atoms with Gasteiger partial charge in [-0.3, -0.25) is 4.72 Å². The van der Waals surface area contributed by atoms with Crippen molar-refractivity contribution in [2.24, 2.45) is 0 Å². The molecular weight excluding hydrogens is 466 g/mol. The number of hydrogen-bond acceptors (Lipinski definition) is 5. The number of thioether (sulfide) groups is 1. The molecule has 0 fully saturated rings. The van der Waals surface area contributed by atoms with Crippen LogP contribution in [-0.2, 0) is 10.0 Å². The lowest BCUT2D eigenvalue weighted by Gasteiger charge is -2.11. The second-order valence-electron chi connectivity index (χ2n) is 6.84. The van der Waals surface area contributed by atoms with Crippen LogP contribution in [0.2, 0.25) is 0 Å². The van der Waals surface area contributed by atoms with Crippen molar-refractivity contribution in [3.8, 4) is 5.75 Å². The van der Waals surface area contributed by atoms with Gasteiger partial charge in [-0.1, -0.05) is 35.9 Å². The topological polar surface area (TPSA) is 84.1 Å². The number of nitrogens with one attached hydrogen (secondary N) is 2. The van der Waals surface area contributed by atoms with Crippen LogP contribution >= 0.6 is 23.4 Å². The molecule has 164 valence electrons. The highest BCUT2D eigenvalue weighted by Gasteiger charge is 2.18. The Balaban J connectivity index is 1.63. The number of H-pyrrole nitrogens is 1. The van der Waals surface area contributed by atoms with Gasteiger partial charge < -0.3 is 9.72 Å². The largest absolute Gasteiger partial charge is 0.495 e. The standard InChI is InChI=1S/C23H20ClN3O3S2/c1-30-22-6-4-3-5-20(22)27-32(28,29)17-11-12-19-21(14-17)26-23(25-19)18(24)13-15-7-9-16(31-2)10-8-15/h3-14,27H,1-2H3,(H,25,26)/b18-13-. The predicted octanol–water partition coefficient (Wildman–Crippen LogP) is 5.83. The fraction of sp³-hybridized carbons (Fsp3) is 0.0870. The Kier molecular flexibility index (Phi) is 6.45. The van der Waals surface area contributed by atoms with E-state index in [9.17, 15) is 8.42 Å². The molecule has 0 radical (unpaired) electrons. The van der Waals surface area contributed by atoms with Crippen LogP contribution in [-0.4, -0.2) is 31.8 Å². The van der Waals surface area contributed by atoms with Crippen LogP contribution in [0.4, 0.5) is 5.69 Å².